The van der Waals surface area contributed by atoms with Gasteiger partial charge in [0.05, 0.1) is 0 Å². The second-order valence-electron chi connectivity index (χ2n) is 6.76. The summed E-state index contributed by atoms with van der Waals surface area (Å²) in [5, 5.41) is 0. The van der Waals surface area contributed by atoms with Crippen LogP contribution in [0, 0.1) is 5.92 Å². The minimum atomic E-state index is 0.262. The molecule has 0 saturated heterocycles. The molecule has 0 aromatic carbocycles. The summed E-state index contributed by atoms with van der Waals surface area (Å²) in [6.07, 6.45) is 8.03. The minimum absolute atomic E-state index is 0.262. The zero-order valence-electron chi connectivity index (χ0n) is 12.7. The fraction of sp³-hybridized carbons (Fsp3) is 1.00. The standard InChI is InChI=1S/C15H31N3/c1-5-15(11-16,13-7-8-13)18(4)12-14(17(2)3)9-6-10-14/h13H,5-12,16H2,1-4H3. The number of nitrogens with zero attached hydrogens (tertiary/aromatic N) is 2. The molecule has 3 heteroatoms. The van der Waals surface area contributed by atoms with Gasteiger partial charge < -0.3 is 10.6 Å². The normalized spacial score (nSPS) is 26.2. The molecular weight excluding hydrogens is 222 g/mol. The molecule has 2 N–H and O–H groups in total. The first-order valence-corrected chi connectivity index (χ1v) is 7.59. The highest BCUT2D eigenvalue weighted by atomic mass is 15.3. The van der Waals surface area contributed by atoms with Crippen LogP contribution >= 0.6 is 0 Å². The van der Waals surface area contributed by atoms with Gasteiger partial charge in [-0.2, -0.15) is 0 Å². The molecule has 2 fully saturated rings. The monoisotopic (exact) mass is 253 g/mol. The summed E-state index contributed by atoms with van der Waals surface area (Å²) in [6, 6.07) is 0. The van der Waals surface area contributed by atoms with Crippen LogP contribution in [0.1, 0.15) is 45.4 Å². The topological polar surface area (TPSA) is 32.5 Å². The molecule has 2 aliphatic carbocycles. The first-order chi connectivity index (χ1) is 8.50. The summed E-state index contributed by atoms with van der Waals surface area (Å²) >= 11 is 0. The largest absolute Gasteiger partial charge is 0.329 e. The van der Waals surface area contributed by atoms with Gasteiger partial charge in [-0.1, -0.05) is 6.92 Å². The first kappa shape index (κ1) is 14.3. The number of hydrogen-bond donors (Lipinski definition) is 1. The summed E-state index contributed by atoms with van der Waals surface area (Å²) in [5.74, 6) is 0.844. The molecule has 0 bridgehead atoms. The van der Waals surface area contributed by atoms with E-state index in [0.29, 0.717) is 5.54 Å². The van der Waals surface area contributed by atoms with E-state index in [1.807, 2.05) is 0 Å². The molecule has 3 nitrogen and oxygen atoms in total. The molecule has 106 valence electrons. The van der Waals surface area contributed by atoms with Crippen molar-refractivity contribution < 1.29 is 0 Å². The minimum Gasteiger partial charge on any atom is -0.329 e. The third kappa shape index (κ3) is 2.21. The molecule has 2 aliphatic rings. The average molecular weight is 253 g/mol. The summed E-state index contributed by atoms with van der Waals surface area (Å²) in [7, 11) is 6.78. The van der Waals surface area contributed by atoms with E-state index in [4.69, 9.17) is 5.73 Å². The second kappa shape index (κ2) is 5.10. The molecule has 18 heavy (non-hydrogen) atoms. The zero-order chi connectivity index (χ0) is 13.4. The predicted molar refractivity (Wildman–Crippen MR) is 77.7 cm³/mol. The van der Waals surface area contributed by atoms with Crippen molar-refractivity contribution in [1.29, 1.82) is 0 Å². The SMILES string of the molecule is CCC(CN)(C1CC1)N(C)CC1(N(C)C)CCC1. The Morgan fingerprint density at radius 2 is 1.83 bits per heavy atom. The Bertz CT molecular complexity index is 275. The summed E-state index contributed by atoms with van der Waals surface area (Å²) in [4.78, 5) is 5.04. The lowest BCUT2D eigenvalue weighted by Crippen LogP contribution is -2.63. The maximum Gasteiger partial charge on any atom is 0.0354 e. The lowest BCUT2D eigenvalue weighted by atomic mass is 9.74. The Kier molecular flexibility index (Phi) is 4.05. The maximum absolute atomic E-state index is 6.16. The van der Waals surface area contributed by atoms with E-state index < -0.39 is 0 Å². The molecule has 0 aromatic heterocycles. The van der Waals surface area contributed by atoms with E-state index in [9.17, 15) is 0 Å². The van der Waals surface area contributed by atoms with Crippen LogP contribution in [0.15, 0.2) is 0 Å². The van der Waals surface area contributed by atoms with Crippen molar-refractivity contribution in [1.82, 2.24) is 9.80 Å². The van der Waals surface area contributed by atoms with Crippen LogP contribution in [0.4, 0.5) is 0 Å². The molecule has 0 aliphatic heterocycles. The van der Waals surface area contributed by atoms with Gasteiger partial charge in [0.2, 0.25) is 0 Å². The van der Waals surface area contributed by atoms with Crippen LogP contribution in [0.5, 0.6) is 0 Å². The molecule has 2 saturated carbocycles. The Hall–Kier alpha value is -0.120. The van der Waals surface area contributed by atoms with Gasteiger partial charge in [0.1, 0.15) is 0 Å². The zero-order valence-corrected chi connectivity index (χ0v) is 12.7. The van der Waals surface area contributed by atoms with Crippen LogP contribution in [0.2, 0.25) is 0 Å². The van der Waals surface area contributed by atoms with Crippen LogP contribution in [0.25, 0.3) is 0 Å². The van der Waals surface area contributed by atoms with Crippen LogP contribution in [-0.4, -0.2) is 55.1 Å². The van der Waals surface area contributed by atoms with Crippen molar-refractivity contribution in [3.8, 4) is 0 Å². The first-order valence-electron chi connectivity index (χ1n) is 7.59. The van der Waals surface area contributed by atoms with Crippen LogP contribution < -0.4 is 5.73 Å². The van der Waals surface area contributed by atoms with E-state index in [1.54, 1.807) is 0 Å². The maximum atomic E-state index is 6.16. The van der Waals surface area contributed by atoms with Crippen molar-refractivity contribution in [2.24, 2.45) is 11.7 Å². The van der Waals surface area contributed by atoms with Gasteiger partial charge in [0, 0.05) is 24.2 Å². The third-order valence-corrected chi connectivity index (χ3v) is 5.83. The summed E-state index contributed by atoms with van der Waals surface area (Å²) in [5.41, 5.74) is 6.84. The van der Waals surface area contributed by atoms with E-state index in [2.05, 4.69) is 37.9 Å². The number of hydrogen-bond acceptors (Lipinski definition) is 3. The Balaban J connectivity index is 2.07. The predicted octanol–water partition coefficient (Wildman–Crippen LogP) is 1.92. The lowest BCUT2D eigenvalue weighted by molar-refractivity contribution is -0.0158. The average Bonchev–Trinajstić information content (AvgIpc) is 3.10. The lowest BCUT2D eigenvalue weighted by Gasteiger charge is -2.53. The Labute approximate surface area is 113 Å². The van der Waals surface area contributed by atoms with Gasteiger partial charge >= 0.3 is 0 Å². The van der Waals surface area contributed by atoms with E-state index in [-0.39, 0.29) is 5.54 Å². The van der Waals surface area contributed by atoms with Gasteiger partial charge in [0.15, 0.2) is 0 Å². The Morgan fingerprint density at radius 3 is 2.11 bits per heavy atom. The smallest absolute Gasteiger partial charge is 0.0354 e. The van der Waals surface area contributed by atoms with E-state index >= 15 is 0 Å². The van der Waals surface area contributed by atoms with E-state index in [1.165, 1.54) is 45.1 Å². The fourth-order valence-corrected chi connectivity index (χ4v) is 3.89. The highest BCUT2D eigenvalue weighted by Crippen LogP contribution is 2.46. The number of nitrogens with two attached hydrogens (primary N) is 1. The van der Waals surface area contributed by atoms with Crippen molar-refractivity contribution in [3.05, 3.63) is 0 Å². The number of rotatable bonds is 7. The van der Waals surface area contributed by atoms with Crippen molar-refractivity contribution >= 4 is 0 Å². The van der Waals surface area contributed by atoms with Crippen molar-refractivity contribution in [3.63, 3.8) is 0 Å². The van der Waals surface area contributed by atoms with Gasteiger partial charge in [-0.3, -0.25) is 4.90 Å². The second-order valence-corrected chi connectivity index (χ2v) is 6.76. The van der Waals surface area contributed by atoms with Gasteiger partial charge in [0.25, 0.3) is 0 Å². The highest BCUT2D eigenvalue weighted by molar-refractivity contribution is 5.06. The molecule has 0 radical (unpaired) electrons. The van der Waals surface area contributed by atoms with Crippen LogP contribution in [0.3, 0.4) is 0 Å². The summed E-state index contributed by atoms with van der Waals surface area (Å²) in [6.45, 7) is 4.31. The molecule has 0 heterocycles. The highest BCUT2D eigenvalue weighted by Gasteiger charge is 2.49. The molecule has 1 unspecified atom stereocenters. The third-order valence-electron chi connectivity index (χ3n) is 5.83. The molecule has 0 aromatic rings. The van der Waals surface area contributed by atoms with Gasteiger partial charge in [-0.15, -0.1) is 0 Å². The Morgan fingerprint density at radius 1 is 1.22 bits per heavy atom. The van der Waals surface area contributed by atoms with Crippen molar-refractivity contribution in [2.45, 2.75) is 56.5 Å². The molecular formula is C15H31N3. The molecule has 0 spiro atoms. The molecule has 2 rings (SSSR count). The van der Waals surface area contributed by atoms with E-state index in [0.717, 1.165) is 12.5 Å². The quantitative estimate of drug-likeness (QED) is 0.752. The van der Waals surface area contributed by atoms with Crippen LogP contribution in [-0.2, 0) is 0 Å². The molecule has 0 amide bonds. The van der Waals surface area contributed by atoms with Gasteiger partial charge in [-0.25, -0.2) is 0 Å². The summed E-state index contributed by atoms with van der Waals surface area (Å²) < 4.78 is 0. The molecule has 1 atom stereocenters. The fourth-order valence-electron chi connectivity index (χ4n) is 3.89. The van der Waals surface area contributed by atoms with Gasteiger partial charge in [-0.05, 0) is 65.6 Å². The van der Waals surface area contributed by atoms with Crippen molar-refractivity contribution in [2.75, 3.05) is 34.2 Å². The number of likely N-dealkylation sites (N-methyl/N-ethyl adjacent to an activating group) is 2.